The zero-order chi connectivity index (χ0) is 9.10. The van der Waals surface area contributed by atoms with E-state index >= 15 is 0 Å². The number of hydrogen-bond acceptors (Lipinski definition) is 2. The van der Waals surface area contributed by atoms with E-state index in [0.29, 0.717) is 6.04 Å². The van der Waals surface area contributed by atoms with Crippen molar-refractivity contribution in [2.75, 3.05) is 26.8 Å². The molecular weight excluding hydrogens is 162 g/mol. The first-order chi connectivity index (χ1) is 6.38. The van der Waals surface area contributed by atoms with Gasteiger partial charge in [0.05, 0.1) is 13.2 Å². The number of rotatable bonds is 1. The molecule has 1 heterocycles. The van der Waals surface area contributed by atoms with E-state index in [4.69, 9.17) is 4.74 Å². The minimum atomic E-state index is 0.717. The summed E-state index contributed by atoms with van der Waals surface area (Å²) < 4.78 is 5.56. The Balaban J connectivity index is 1.88. The summed E-state index contributed by atoms with van der Waals surface area (Å²) in [5, 5.41) is 0. The van der Waals surface area contributed by atoms with Crippen LogP contribution in [0.3, 0.4) is 0 Å². The van der Waals surface area contributed by atoms with Crippen LogP contribution in [0.2, 0.25) is 0 Å². The highest BCUT2D eigenvalue weighted by atomic mass is 16.5. The van der Waals surface area contributed by atoms with Gasteiger partial charge in [-0.15, -0.1) is 0 Å². The molecule has 1 atom stereocenters. The van der Waals surface area contributed by atoms with Gasteiger partial charge in [0.2, 0.25) is 0 Å². The lowest BCUT2D eigenvalue weighted by molar-refractivity contribution is -0.0237. The van der Waals surface area contributed by atoms with Crippen molar-refractivity contribution in [1.29, 1.82) is 0 Å². The molecule has 2 nitrogen and oxygen atoms in total. The van der Waals surface area contributed by atoms with E-state index in [1.807, 2.05) is 0 Å². The molecule has 0 bridgehead atoms. The van der Waals surface area contributed by atoms with Gasteiger partial charge in [-0.1, -0.05) is 19.3 Å². The van der Waals surface area contributed by atoms with Crippen LogP contribution in [-0.4, -0.2) is 37.7 Å². The predicted octanol–water partition coefficient (Wildman–Crippen LogP) is 1.90. The number of nitrogens with zero attached hydrogens (tertiary/aromatic N) is 1. The van der Waals surface area contributed by atoms with Gasteiger partial charge in [0.1, 0.15) is 0 Å². The summed E-state index contributed by atoms with van der Waals surface area (Å²) in [4.78, 5) is 2.50. The molecule has 1 aliphatic heterocycles. The average molecular weight is 183 g/mol. The Kier molecular flexibility index (Phi) is 3.23. The van der Waals surface area contributed by atoms with Crippen LogP contribution in [0.25, 0.3) is 0 Å². The van der Waals surface area contributed by atoms with Crippen LogP contribution in [-0.2, 0) is 4.74 Å². The highest BCUT2D eigenvalue weighted by Gasteiger charge is 2.28. The van der Waals surface area contributed by atoms with Gasteiger partial charge in [-0.3, -0.25) is 4.90 Å². The van der Waals surface area contributed by atoms with Crippen molar-refractivity contribution in [2.45, 2.75) is 38.1 Å². The molecule has 0 spiro atoms. The molecular formula is C11H21NO. The zero-order valence-corrected chi connectivity index (χ0v) is 8.67. The molecule has 2 heteroatoms. The van der Waals surface area contributed by atoms with Crippen molar-refractivity contribution in [1.82, 2.24) is 4.90 Å². The first-order valence-electron chi connectivity index (χ1n) is 5.66. The van der Waals surface area contributed by atoms with Gasteiger partial charge in [-0.05, 0) is 25.8 Å². The molecule has 1 saturated heterocycles. The van der Waals surface area contributed by atoms with Gasteiger partial charge in [0.25, 0.3) is 0 Å². The third kappa shape index (κ3) is 2.23. The van der Waals surface area contributed by atoms with Crippen LogP contribution in [0.4, 0.5) is 0 Å². The number of ether oxygens (including phenoxy) is 1. The second-order valence-corrected chi connectivity index (χ2v) is 4.52. The lowest BCUT2D eigenvalue weighted by Gasteiger charge is -2.39. The molecule has 0 N–H and O–H groups in total. The topological polar surface area (TPSA) is 12.5 Å². The van der Waals surface area contributed by atoms with Crippen LogP contribution < -0.4 is 0 Å². The van der Waals surface area contributed by atoms with Gasteiger partial charge >= 0.3 is 0 Å². The Morgan fingerprint density at radius 1 is 1.15 bits per heavy atom. The maximum absolute atomic E-state index is 5.56. The van der Waals surface area contributed by atoms with Crippen molar-refractivity contribution in [3.05, 3.63) is 0 Å². The summed E-state index contributed by atoms with van der Waals surface area (Å²) in [6, 6.07) is 0.717. The fourth-order valence-corrected chi connectivity index (χ4v) is 2.72. The molecule has 0 aromatic carbocycles. The highest BCUT2D eigenvalue weighted by molar-refractivity contribution is 4.82. The van der Waals surface area contributed by atoms with Crippen molar-refractivity contribution >= 4 is 0 Å². The number of hydrogen-bond donors (Lipinski definition) is 0. The molecule has 2 fully saturated rings. The monoisotopic (exact) mass is 183 g/mol. The third-order valence-corrected chi connectivity index (χ3v) is 3.64. The first-order valence-corrected chi connectivity index (χ1v) is 5.66. The highest BCUT2D eigenvalue weighted by Crippen LogP contribution is 2.29. The first kappa shape index (κ1) is 9.47. The molecule has 1 saturated carbocycles. The molecule has 0 aromatic heterocycles. The minimum Gasteiger partial charge on any atom is -0.378 e. The van der Waals surface area contributed by atoms with E-state index in [1.54, 1.807) is 0 Å². The fourth-order valence-electron chi connectivity index (χ4n) is 2.72. The van der Waals surface area contributed by atoms with E-state index in [1.165, 1.54) is 32.1 Å². The summed E-state index contributed by atoms with van der Waals surface area (Å²) in [6.07, 6.45) is 7.19. The molecule has 0 aromatic rings. The Morgan fingerprint density at radius 3 is 2.62 bits per heavy atom. The van der Waals surface area contributed by atoms with Crippen LogP contribution in [0.15, 0.2) is 0 Å². The third-order valence-electron chi connectivity index (χ3n) is 3.64. The van der Waals surface area contributed by atoms with E-state index < -0.39 is 0 Å². The van der Waals surface area contributed by atoms with Crippen molar-refractivity contribution in [2.24, 2.45) is 5.92 Å². The summed E-state index contributed by atoms with van der Waals surface area (Å²) >= 11 is 0. The average Bonchev–Trinajstić information content (AvgIpc) is 2.20. The number of likely N-dealkylation sites (N-methyl/N-ethyl adjacent to an activating group) is 1. The molecule has 1 unspecified atom stereocenters. The standard InChI is InChI=1S/C11H21NO/c1-12-7-8-13-9-11(12)10-5-3-2-4-6-10/h10-11H,2-9H2,1H3. The molecule has 2 aliphatic rings. The van der Waals surface area contributed by atoms with Crippen LogP contribution in [0.1, 0.15) is 32.1 Å². The molecule has 0 radical (unpaired) electrons. The SMILES string of the molecule is CN1CCOCC1C1CCCCC1. The van der Waals surface area contributed by atoms with Crippen LogP contribution in [0, 0.1) is 5.92 Å². The Hall–Kier alpha value is -0.0800. The summed E-state index contributed by atoms with van der Waals surface area (Å²) in [6.45, 7) is 3.03. The van der Waals surface area contributed by atoms with Gasteiger partial charge < -0.3 is 4.74 Å². The van der Waals surface area contributed by atoms with Crippen LogP contribution >= 0.6 is 0 Å². The number of morpholine rings is 1. The summed E-state index contributed by atoms with van der Waals surface area (Å²) in [5.41, 5.74) is 0. The molecule has 1 aliphatic carbocycles. The van der Waals surface area contributed by atoms with E-state index in [0.717, 1.165) is 25.7 Å². The van der Waals surface area contributed by atoms with Crippen molar-refractivity contribution < 1.29 is 4.74 Å². The molecule has 0 amide bonds. The summed E-state index contributed by atoms with van der Waals surface area (Å²) in [7, 11) is 2.25. The second kappa shape index (κ2) is 4.43. The second-order valence-electron chi connectivity index (χ2n) is 4.52. The van der Waals surface area contributed by atoms with Gasteiger partial charge in [0.15, 0.2) is 0 Å². The molecule has 13 heavy (non-hydrogen) atoms. The van der Waals surface area contributed by atoms with Gasteiger partial charge in [0, 0.05) is 12.6 Å². The molecule has 2 rings (SSSR count). The van der Waals surface area contributed by atoms with E-state index in [-0.39, 0.29) is 0 Å². The zero-order valence-electron chi connectivity index (χ0n) is 8.67. The van der Waals surface area contributed by atoms with E-state index in [2.05, 4.69) is 11.9 Å². The maximum Gasteiger partial charge on any atom is 0.0625 e. The summed E-state index contributed by atoms with van der Waals surface area (Å²) in [5.74, 6) is 0.916. The Bertz CT molecular complexity index is 154. The minimum absolute atomic E-state index is 0.717. The van der Waals surface area contributed by atoms with E-state index in [9.17, 15) is 0 Å². The predicted molar refractivity (Wildman–Crippen MR) is 53.8 cm³/mol. The molecule has 76 valence electrons. The lowest BCUT2D eigenvalue weighted by Crippen LogP contribution is -2.47. The Labute approximate surface area is 81.3 Å². The fraction of sp³-hybridized carbons (Fsp3) is 1.00. The van der Waals surface area contributed by atoms with Crippen LogP contribution in [0.5, 0.6) is 0 Å². The van der Waals surface area contributed by atoms with Crippen molar-refractivity contribution in [3.8, 4) is 0 Å². The van der Waals surface area contributed by atoms with Gasteiger partial charge in [-0.25, -0.2) is 0 Å². The Morgan fingerprint density at radius 2 is 1.92 bits per heavy atom. The van der Waals surface area contributed by atoms with Gasteiger partial charge in [-0.2, -0.15) is 0 Å². The largest absolute Gasteiger partial charge is 0.378 e. The normalized spacial score (nSPS) is 33.5. The van der Waals surface area contributed by atoms with Crippen molar-refractivity contribution in [3.63, 3.8) is 0 Å². The lowest BCUT2D eigenvalue weighted by atomic mass is 9.83. The quantitative estimate of drug-likeness (QED) is 0.615. The maximum atomic E-state index is 5.56. The smallest absolute Gasteiger partial charge is 0.0625 e.